The SMILES string of the molecule is CC1(C)C(Nc2nc(NN)nc(-n3cccn3)n2)C1(C)C. The lowest BCUT2D eigenvalue weighted by Crippen LogP contribution is -2.18. The molecule has 21 heavy (non-hydrogen) atoms. The molecule has 2 aromatic heterocycles. The number of nitrogens with two attached hydrogens (primary N) is 1. The summed E-state index contributed by atoms with van der Waals surface area (Å²) in [7, 11) is 0. The Kier molecular flexibility index (Phi) is 2.87. The lowest BCUT2D eigenvalue weighted by Gasteiger charge is -2.09. The van der Waals surface area contributed by atoms with Gasteiger partial charge in [-0.15, -0.1) is 0 Å². The standard InChI is InChI=1S/C13H20N8/c1-12(2)8(13(12,3)4)16-9-17-10(20-14)19-11(18-9)21-7-5-6-15-21/h5-8H,14H2,1-4H3,(H2,16,17,18,19,20). The summed E-state index contributed by atoms with van der Waals surface area (Å²) in [6.07, 6.45) is 3.43. The zero-order chi connectivity index (χ0) is 15.3. The smallest absolute Gasteiger partial charge is 0.257 e. The fourth-order valence-electron chi connectivity index (χ4n) is 2.67. The Labute approximate surface area is 123 Å². The zero-order valence-corrected chi connectivity index (χ0v) is 12.6. The van der Waals surface area contributed by atoms with E-state index in [4.69, 9.17) is 5.84 Å². The maximum Gasteiger partial charge on any atom is 0.257 e. The van der Waals surface area contributed by atoms with E-state index in [1.54, 1.807) is 23.1 Å². The minimum atomic E-state index is 0.182. The Hall–Kier alpha value is -2.22. The Morgan fingerprint density at radius 2 is 1.76 bits per heavy atom. The van der Waals surface area contributed by atoms with Crippen LogP contribution in [0.15, 0.2) is 18.5 Å². The average molecular weight is 288 g/mol. The van der Waals surface area contributed by atoms with E-state index in [2.05, 4.69) is 58.5 Å². The van der Waals surface area contributed by atoms with Crippen molar-refractivity contribution in [3.63, 3.8) is 0 Å². The molecule has 4 N–H and O–H groups in total. The molecule has 0 aliphatic heterocycles. The molecule has 1 aliphatic carbocycles. The lowest BCUT2D eigenvalue weighted by molar-refractivity contribution is 0.457. The number of hydrazine groups is 1. The van der Waals surface area contributed by atoms with Gasteiger partial charge in [0.15, 0.2) is 0 Å². The minimum absolute atomic E-state index is 0.182. The van der Waals surface area contributed by atoms with Crippen molar-refractivity contribution in [2.45, 2.75) is 33.7 Å². The molecule has 112 valence electrons. The molecule has 0 radical (unpaired) electrons. The first-order chi connectivity index (χ1) is 9.86. The Bertz CT molecular complexity index is 632. The van der Waals surface area contributed by atoms with E-state index >= 15 is 0 Å². The molecule has 0 bridgehead atoms. The molecule has 0 atom stereocenters. The van der Waals surface area contributed by atoms with Crippen LogP contribution in [0, 0.1) is 10.8 Å². The quantitative estimate of drug-likeness (QED) is 0.573. The molecule has 1 aliphatic rings. The van der Waals surface area contributed by atoms with Gasteiger partial charge >= 0.3 is 0 Å². The van der Waals surface area contributed by atoms with Crippen molar-refractivity contribution in [2.75, 3.05) is 10.7 Å². The summed E-state index contributed by atoms with van der Waals surface area (Å²) < 4.78 is 1.57. The van der Waals surface area contributed by atoms with Gasteiger partial charge in [0.1, 0.15) is 0 Å². The normalized spacial score (nSPS) is 19.3. The second-order valence-corrected chi connectivity index (χ2v) is 6.40. The Morgan fingerprint density at radius 3 is 2.29 bits per heavy atom. The highest BCUT2D eigenvalue weighted by atomic mass is 15.4. The van der Waals surface area contributed by atoms with E-state index in [-0.39, 0.29) is 10.8 Å². The molecule has 0 aromatic carbocycles. The van der Waals surface area contributed by atoms with Crippen molar-refractivity contribution in [3.05, 3.63) is 18.5 Å². The molecule has 8 heteroatoms. The van der Waals surface area contributed by atoms with Crippen LogP contribution in [0.3, 0.4) is 0 Å². The third-order valence-corrected chi connectivity index (χ3v) is 4.76. The van der Waals surface area contributed by atoms with Crippen LogP contribution in [-0.2, 0) is 0 Å². The maximum atomic E-state index is 5.43. The van der Waals surface area contributed by atoms with Gasteiger partial charge in [-0.1, -0.05) is 27.7 Å². The molecule has 2 aromatic rings. The first kappa shape index (κ1) is 13.7. The van der Waals surface area contributed by atoms with Gasteiger partial charge in [-0.2, -0.15) is 20.1 Å². The van der Waals surface area contributed by atoms with Gasteiger partial charge in [0.25, 0.3) is 5.95 Å². The molecule has 0 spiro atoms. The van der Waals surface area contributed by atoms with Crippen molar-refractivity contribution in [3.8, 4) is 5.95 Å². The van der Waals surface area contributed by atoms with Crippen LogP contribution in [0.25, 0.3) is 5.95 Å². The maximum absolute atomic E-state index is 5.43. The Balaban J connectivity index is 1.91. The van der Waals surface area contributed by atoms with Gasteiger partial charge in [-0.3, -0.25) is 5.43 Å². The van der Waals surface area contributed by atoms with Crippen molar-refractivity contribution in [1.29, 1.82) is 0 Å². The molecule has 8 nitrogen and oxygen atoms in total. The molecular formula is C13H20N8. The third kappa shape index (κ3) is 2.11. The molecule has 2 heterocycles. The minimum Gasteiger partial charge on any atom is -0.350 e. The molecule has 1 fully saturated rings. The predicted molar refractivity (Wildman–Crippen MR) is 79.7 cm³/mol. The van der Waals surface area contributed by atoms with Gasteiger partial charge in [0.2, 0.25) is 11.9 Å². The number of aromatic nitrogens is 5. The van der Waals surface area contributed by atoms with Gasteiger partial charge in [0, 0.05) is 18.4 Å². The Morgan fingerprint density at radius 1 is 1.10 bits per heavy atom. The van der Waals surface area contributed by atoms with Crippen LogP contribution in [0.5, 0.6) is 0 Å². The van der Waals surface area contributed by atoms with Crippen LogP contribution >= 0.6 is 0 Å². The number of rotatable bonds is 4. The molecule has 3 rings (SSSR count). The van der Waals surface area contributed by atoms with Crippen LogP contribution in [-0.4, -0.2) is 30.8 Å². The summed E-state index contributed by atoms with van der Waals surface area (Å²) in [6, 6.07) is 2.10. The van der Waals surface area contributed by atoms with Gasteiger partial charge in [-0.05, 0) is 16.9 Å². The van der Waals surface area contributed by atoms with Crippen molar-refractivity contribution in [1.82, 2.24) is 24.7 Å². The van der Waals surface area contributed by atoms with E-state index in [9.17, 15) is 0 Å². The molecular weight excluding hydrogens is 268 g/mol. The first-order valence-electron chi connectivity index (χ1n) is 6.85. The summed E-state index contributed by atoms with van der Waals surface area (Å²) in [5, 5.41) is 7.50. The molecule has 0 unspecified atom stereocenters. The van der Waals surface area contributed by atoms with Crippen molar-refractivity contribution >= 4 is 11.9 Å². The van der Waals surface area contributed by atoms with Crippen LogP contribution in [0.4, 0.5) is 11.9 Å². The van der Waals surface area contributed by atoms with Crippen LogP contribution < -0.4 is 16.6 Å². The summed E-state index contributed by atoms with van der Waals surface area (Å²) >= 11 is 0. The molecule has 0 amide bonds. The topological polar surface area (TPSA) is 107 Å². The van der Waals surface area contributed by atoms with Gasteiger partial charge in [-0.25, -0.2) is 10.5 Å². The van der Waals surface area contributed by atoms with E-state index in [0.717, 1.165) is 0 Å². The van der Waals surface area contributed by atoms with Gasteiger partial charge in [0.05, 0.1) is 0 Å². The number of hydrogen-bond donors (Lipinski definition) is 3. The zero-order valence-electron chi connectivity index (χ0n) is 12.6. The second-order valence-electron chi connectivity index (χ2n) is 6.40. The number of anilines is 2. The number of nitrogens with zero attached hydrogens (tertiary/aromatic N) is 5. The summed E-state index contributed by atoms with van der Waals surface area (Å²) in [6.45, 7) is 8.90. The van der Waals surface area contributed by atoms with E-state index in [1.807, 2.05) is 0 Å². The van der Waals surface area contributed by atoms with Crippen molar-refractivity contribution in [2.24, 2.45) is 16.7 Å². The first-order valence-corrected chi connectivity index (χ1v) is 6.85. The van der Waals surface area contributed by atoms with E-state index in [0.29, 0.717) is 23.9 Å². The average Bonchev–Trinajstić information content (AvgIpc) is 2.88. The van der Waals surface area contributed by atoms with Crippen molar-refractivity contribution < 1.29 is 0 Å². The number of nitrogen functional groups attached to an aromatic ring is 1. The van der Waals surface area contributed by atoms with Crippen LogP contribution in [0.1, 0.15) is 27.7 Å². The number of hydrogen-bond acceptors (Lipinski definition) is 7. The van der Waals surface area contributed by atoms with E-state index in [1.165, 1.54) is 0 Å². The monoisotopic (exact) mass is 288 g/mol. The highest BCUT2D eigenvalue weighted by Crippen LogP contribution is 2.63. The summed E-state index contributed by atoms with van der Waals surface area (Å²) in [4.78, 5) is 12.9. The third-order valence-electron chi connectivity index (χ3n) is 4.76. The number of nitrogens with one attached hydrogen (secondary N) is 2. The van der Waals surface area contributed by atoms with Crippen LogP contribution in [0.2, 0.25) is 0 Å². The molecule has 0 saturated heterocycles. The highest BCUT2D eigenvalue weighted by molar-refractivity contribution is 5.41. The van der Waals surface area contributed by atoms with E-state index < -0.39 is 0 Å². The fourth-order valence-corrected chi connectivity index (χ4v) is 2.67. The molecule has 1 saturated carbocycles. The predicted octanol–water partition coefficient (Wildman–Crippen LogP) is 1.19. The highest BCUT2D eigenvalue weighted by Gasteiger charge is 2.65. The van der Waals surface area contributed by atoms with Gasteiger partial charge < -0.3 is 5.32 Å². The summed E-state index contributed by atoms with van der Waals surface area (Å²) in [5.41, 5.74) is 2.83. The largest absolute Gasteiger partial charge is 0.350 e. The second kappa shape index (κ2) is 4.39. The fraction of sp³-hybridized carbons (Fsp3) is 0.538. The lowest BCUT2D eigenvalue weighted by atomic mass is 10.0. The summed E-state index contributed by atoms with van der Waals surface area (Å²) in [5.74, 6) is 6.64.